The van der Waals surface area contributed by atoms with Crippen LogP contribution in [0.15, 0.2) is 47.5 Å². The Labute approximate surface area is 118 Å². The Hall–Kier alpha value is -1.36. The molecule has 0 bridgehead atoms. The van der Waals surface area contributed by atoms with Gasteiger partial charge in [-0.25, -0.2) is 0 Å². The van der Waals surface area contributed by atoms with E-state index >= 15 is 0 Å². The Morgan fingerprint density at radius 3 is 2.47 bits per heavy atom. The molecule has 1 saturated heterocycles. The van der Waals surface area contributed by atoms with Gasteiger partial charge in [0.15, 0.2) is 0 Å². The summed E-state index contributed by atoms with van der Waals surface area (Å²) in [4.78, 5) is 5.46. The third-order valence-corrected chi connectivity index (χ3v) is 3.92. The van der Waals surface area contributed by atoms with Gasteiger partial charge >= 0.3 is 0 Å². The van der Waals surface area contributed by atoms with E-state index in [9.17, 15) is 0 Å². The zero-order valence-corrected chi connectivity index (χ0v) is 11.7. The molecular formula is C15H16N2OS. The van der Waals surface area contributed by atoms with Crippen molar-refractivity contribution in [2.75, 3.05) is 20.3 Å². The molecule has 0 unspecified atom stereocenters. The Morgan fingerprint density at radius 2 is 1.89 bits per heavy atom. The van der Waals surface area contributed by atoms with Crippen LogP contribution in [0.5, 0.6) is 0 Å². The molecule has 0 atom stereocenters. The molecule has 1 N–H and O–H groups in total. The summed E-state index contributed by atoms with van der Waals surface area (Å²) >= 11 is 4.31. The van der Waals surface area contributed by atoms with E-state index in [2.05, 4.69) is 41.1 Å². The lowest BCUT2D eigenvalue weighted by Gasteiger charge is -2.40. The second-order valence-corrected chi connectivity index (χ2v) is 5.32. The minimum Gasteiger partial charge on any atom is -0.377 e. The van der Waals surface area contributed by atoms with Crippen LogP contribution < -0.4 is 5.32 Å². The van der Waals surface area contributed by atoms with Gasteiger partial charge in [0.05, 0.1) is 18.9 Å². The second-order valence-electron chi connectivity index (χ2n) is 4.80. The molecule has 0 aliphatic carbocycles. The fourth-order valence-corrected chi connectivity index (χ4v) is 2.40. The first-order valence-corrected chi connectivity index (χ1v) is 6.71. The monoisotopic (exact) mass is 272 g/mol. The third-order valence-electron chi connectivity index (χ3n) is 3.63. The number of nitrogens with one attached hydrogen (secondary N) is 1. The van der Waals surface area contributed by atoms with Crippen LogP contribution in [0.2, 0.25) is 0 Å². The van der Waals surface area contributed by atoms with Gasteiger partial charge < -0.3 is 10.1 Å². The molecule has 2 heterocycles. The van der Waals surface area contributed by atoms with E-state index in [4.69, 9.17) is 4.74 Å². The molecule has 98 valence electrons. The SMILES string of the molecule is CNC1(c2cc(-c3ccc(S)cc3)ccn2)COC1. The van der Waals surface area contributed by atoms with Crippen LogP contribution in [-0.2, 0) is 10.3 Å². The summed E-state index contributed by atoms with van der Waals surface area (Å²) in [5.74, 6) is 0. The number of rotatable bonds is 3. The quantitative estimate of drug-likeness (QED) is 0.842. The second kappa shape index (κ2) is 4.96. The summed E-state index contributed by atoms with van der Waals surface area (Å²) in [6.07, 6.45) is 1.86. The lowest BCUT2D eigenvalue weighted by atomic mass is 9.91. The molecule has 1 aromatic carbocycles. The lowest BCUT2D eigenvalue weighted by Crippen LogP contribution is -2.56. The lowest BCUT2D eigenvalue weighted by molar-refractivity contribution is -0.0769. The molecule has 4 heteroatoms. The number of hydrogen-bond acceptors (Lipinski definition) is 4. The fourth-order valence-electron chi connectivity index (χ4n) is 2.25. The Morgan fingerprint density at radius 1 is 1.16 bits per heavy atom. The van der Waals surface area contributed by atoms with E-state index < -0.39 is 0 Å². The van der Waals surface area contributed by atoms with Crippen molar-refractivity contribution in [3.05, 3.63) is 48.3 Å². The fraction of sp³-hybridized carbons (Fsp3) is 0.267. The molecule has 0 amide bonds. The number of aromatic nitrogens is 1. The maximum absolute atomic E-state index is 5.33. The summed E-state index contributed by atoms with van der Waals surface area (Å²) in [6, 6.07) is 12.3. The molecule has 2 aromatic rings. The van der Waals surface area contributed by atoms with E-state index in [1.165, 1.54) is 11.1 Å². The van der Waals surface area contributed by atoms with Crippen molar-refractivity contribution in [3.63, 3.8) is 0 Å². The molecule has 19 heavy (non-hydrogen) atoms. The first kappa shape index (κ1) is 12.7. The largest absolute Gasteiger partial charge is 0.377 e. The molecule has 0 spiro atoms. The molecule has 0 radical (unpaired) electrons. The molecule has 1 aromatic heterocycles. The maximum Gasteiger partial charge on any atom is 0.108 e. The number of pyridine rings is 1. The van der Waals surface area contributed by atoms with Crippen molar-refractivity contribution in [2.24, 2.45) is 0 Å². The summed E-state index contributed by atoms with van der Waals surface area (Å²) in [7, 11) is 1.95. The maximum atomic E-state index is 5.33. The molecule has 1 aliphatic rings. The van der Waals surface area contributed by atoms with E-state index in [1.54, 1.807) is 0 Å². The van der Waals surface area contributed by atoms with Gasteiger partial charge in [-0.2, -0.15) is 0 Å². The van der Waals surface area contributed by atoms with Crippen LogP contribution in [0.25, 0.3) is 11.1 Å². The topological polar surface area (TPSA) is 34.2 Å². The average molecular weight is 272 g/mol. The predicted octanol–water partition coefficient (Wildman–Crippen LogP) is 2.48. The van der Waals surface area contributed by atoms with Crippen molar-refractivity contribution >= 4 is 12.6 Å². The van der Waals surface area contributed by atoms with E-state index in [0.29, 0.717) is 13.2 Å². The number of nitrogens with zero attached hydrogens (tertiary/aromatic N) is 1. The standard InChI is InChI=1S/C15H16N2OS/c1-16-15(9-18-10-15)14-8-12(6-7-17-14)11-2-4-13(19)5-3-11/h2-8,16,19H,9-10H2,1H3. The third kappa shape index (κ3) is 2.27. The van der Waals surface area contributed by atoms with E-state index in [-0.39, 0.29) is 5.54 Å². The minimum atomic E-state index is -0.125. The number of thiol groups is 1. The van der Waals surface area contributed by atoms with Crippen LogP contribution >= 0.6 is 12.6 Å². The molecule has 3 nitrogen and oxygen atoms in total. The van der Waals surface area contributed by atoms with Crippen LogP contribution in [0.1, 0.15) is 5.69 Å². The van der Waals surface area contributed by atoms with Crippen molar-refractivity contribution < 1.29 is 4.74 Å². The van der Waals surface area contributed by atoms with Gasteiger partial charge in [-0.1, -0.05) is 12.1 Å². The normalized spacial score (nSPS) is 16.9. The van der Waals surface area contributed by atoms with Gasteiger partial charge in [0.25, 0.3) is 0 Å². The highest BCUT2D eigenvalue weighted by atomic mass is 32.1. The Bertz CT molecular complexity index is 573. The van der Waals surface area contributed by atoms with Gasteiger partial charge in [-0.15, -0.1) is 12.6 Å². The smallest absolute Gasteiger partial charge is 0.108 e. The number of likely N-dealkylation sites (N-methyl/N-ethyl adjacent to an activating group) is 1. The highest BCUT2D eigenvalue weighted by molar-refractivity contribution is 7.80. The molecule has 3 rings (SSSR count). The molecular weight excluding hydrogens is 256 g/mol. The van der Waals surface area contributed by atoms with Gasteiger partial charge in [-0.3, -0.25) is 4.98 Å². The summed E-state index contributed by atoms with van der Waals surface area (Å²) < 4.78 is 5.33. The van der Waals surface area contributed by atoms with Gasteiger partial charge in [0.2, 0.25) is 0 Å². The summed E-state index contributed by atoms with van der Waals surface area (Å²) in [5, 5.41) is 3.32. The van der Waals surface area contributed by atoms with Gasteiger partial charge in [-0.05, 0) is 42.4 Å². The highest BCUT2D eigenvalue weighted by Gasteiger charge is 2.40. The number of ether oxygens (including phenoxy) is 1. The van der Waals surface area contributed by atoms with E-state index in [0.717, 1.165) is 10.6 Å². The van der Waals surface area contributed by atoms with Crippen LogP contribution in [-0.4, -0.2) is 25.2 Å². The highest BCUT2D eigenvalue weighted by Crippen LogP contribution is 2.30. The minimum absolute atomic E-state index is 0.125. The first-order chi connectivity index (χ1) is 9.23. The van der Waals surface area contributed by atoms with E-state index in [1.807, 2.05) is 31.4 Å². The zero-order chi connectivity index (χ0) is 13.3. The van der Waals surface area contributed by atoms with Crippen LogP contribution in [0.4, 0.5) is 0 Å². The zero-order valence-electron chi connectivity index (χ0n) is 10.8. The number of hydrogen-bond donors (Lipinski definition) is 2. The molecule has 0 saturated carbocycles. The van der Waals surface area contributed by atoms with Crippen molar-refractivity contribution in [1.82, 2.24) is 10.3 Å². The van der Waals surface area contributed by atoms with Crippen LogP contribution in [0, 0.1) is 0 Å². The molecule has 1 aliphatic heterocycles. The average Bonchev–Trinajstić information content (AvgIpc) is 2.39. The van der Waals surface area contributed by atoms with Gasteiger partial charge in [0.1, 0.15) is 5.54 Å². The molecule has 1 fully saturated rings. The summed E-state index contributed by atoms with van der Waals surface area (Å²) in [6.45, 7) is 1.35. The summed E-state index contributed by atoms with van der Waals surface area (Å²) in [5.41, 5.74) is 3.25. The Balaban J connectivity index is 1.98. The van der Waals surface area contributed by atoms with Crippen LogP contribution in [0.3, 0.4) is 0 Å². The Kier molecular flexibility index (Phi) is 3.31. The van der Waals surface area contributed by atoms with Crippen molar-refractivity contribution in [3.8, 4) is 11.1 Å². The predicted molar refractivity (Wildman–Crippen MR) is 78.5 cm³/mol. The van der Waals surface area contributed by atoms with Gasteiger partial charge in [0, 0.05) is 11.1 Å². The number of benzene rings is 1. The first-order valence-electron chi connectivity index (χ1n) is 6.26. The van der Waals surface area contributed by atoms with Crippen molar-refractivity contribution in [1.29, 1.82) is 0 Å². The van der Waals surface area contributed by atoms with Crippen molar-refractivity contribution in [2.45, 2.75) is 10.4 Å².